The van der Waals surface area contributed by atoms with Crippen molar-refractivity contribution in [2.24, 2.45) is 0 Å². The molecule has 0 radical (unpaired) electrons. The summed E-state index contributed by atoms with van der Waals surface area (Å²) < 4.78 is 23.3. The molecule has 1 aromatic heterocycles. The number of amides is 1. The van der Waals surface area contributed by atoms with Crippen molar-refractivity contribution in [2.45, 2.75) is 0 Å². The first-order valence-corrected chi connectivity index (χ1v) is 7.28. The summed E-state index contributed by atoms with van der Waals surface area (Å²) in [6.07, 6.45) is 1.29. The summed E-state index contributed by atoms with van der Waals surface area (Å²) in [4.78, 5) is 27.4. The van der Waals surface area contributed by atoms with Crippen LogP contribution in [-0.4, -0.2) is 30.6 Å². The van der Waals surface area contributed by atoms with Gasteiger partial charge in [0, 0.05) is 12.3 Å². The van der Waals surface area contributed by atoms with E-state index in [4.69, 9.17) is 32.7 Å². The second-order valence-corrected chi connectivity index (χ2v) is 5.30. The third-order valence-electron chi connectivity index (χ3n) is 2.80. The highest BCUT2D eigenvalue weighted by molar-refractivity contribution is 6.36. The third kappa shape index (κ3) is 4.56. The van der Waals surface area contributed by atoms with Crippen LogP contribution in [0.4, 0.5) is 10.2 Å². The average Bonchev–Trinajstić information content (AvgIpc) is 2.55. The zero-order valence-electron chi connectivity index (χ0n) is 12.3. The van der Waals surface area contributed by atoms with E-state index >= 15 is 0 Å². The lowest BCUT2D eigenvalue weighted by molar-refractivity contribution is -0.119. The number of halogens is 3. The van der Waals surface area contributed by atoms with Gasteiger partial charge in [-0.3, -0.25) is 4.79 Å². The summed E-state index contributed by atoms with van der Waals surface area (Å²) in [6, 6.07) is 5.03. The van der Waals surface area contributed by atoms with Gasteiger partial charge in [0.2, 0.25) is 0 Å². The Morgan fingerprint density at radius 2 is 2.04 bits per heavy atom. The number of hydrogen-bond acceptors (Lipinski definition) is 5. The van der Waals surface area contributed by atoms with Gasteiger partial charge in [0.25, 0.3) is 5.91 Å². The number of esters is 1. The Labute approximate surface area is 146 Å². The van der Waals surface area contributed by atoms with Gasteiger partial charge in [0.05, 0.1) is 22.7 Å². The molecule has 0 aliphatic rings. The number of nitrogens with zero attached hydrogens (tertiary/aromatic N) is 1. The van der Waals surface area contributed by atoms with E-state index in [0.717, 1.165) is 6.07 Å². The highest BCUT2D eigenvalue weighted by atomic mass is 35.5. The fourth-order valence-corrected chi connectivity index (χ4v) is 2.10. The summed E-state index contributed by atoms with van der Waals surface area (Å²) in [5.74, 6) is -2.17. The number of anilines is 1. The summed E-state index contributed by atoms with van der Waals surface area (Å²) in [7, 11) is 1.37. The maximum Gasteiger partial charge on any atom is 0.341 e. The molecule has 0 spiro atoms. The van der Waals surface area contributed by atoms with Gasteiger partial charge in [0.1, 0.15) is 11.6 Å². The predicted molar refractivity (Wildman–Crippen MR) is 86.1 cm³/mol. The molecule has 0 atom stereocenters. The molecule has 2 aromatic rings. The minimum atomic E-state index is -0.986. The summed E-state index contributed by atoms with van der Waals surface area (Å²) in [6.45, 7) is -0.634. The number of carbonyl (C=O) groups excluding carboxylic acids is 2. The number of methoxy groups -OCH3 is 1. The molecule has 0 aliphatic carbocycles. The molecule has 0 fully saturated rings. The van der Waals surface area contributed by atoms with Crippen LogP contribution in [0.1, 0.15) is 10.4 Å². The molecule has 2 rings (SSSR count). The van der Waals surface area contributed by atoms with Crippen molar-refractivity contribution in [1.82, 2.24) is 4.98 Å². The van der Waals surface area contributed by atoms with Crippen LogP contribution < -0.4 is 10.1 Å². The Bertz CT molecular complexity index is 786. The predicted octanol–water partition coefficient (Wildman–Crippen LogP) is 3.33. The lowest BCUT2D eigenvalue weighted by Gasteiger charge is -2.08. The monoisotopic (exact) mass is 372 g/mol. The SMILES string of the molecule is COc1ccc(C(=O)OCC(=O)Nc2ncc(Cl)cc2Cl)c(F)c1. The smallest absolute Gasteiger partial charge is 0.341 e. The van der Waals surface area contributed by atoms with Crippen molar-refractivity contribution in [3.63, 3.8) is 0 Å². The number of nitrogens with one attached hydrogen (secondary N) is 1. The summed E-state index contributed by atoms with van der Waals surface area (Å²) in [5, 5.41) is 2.78. The van der Waals surface area contributed by atoms with Gasteiger partial charge in [-0.25, -0.2) is 14.2 Å². The molecule has 1 N–H and O–H groups in total. The van der Waals surface area contributed by atoms with E-state index in [1.807, 2.05) is 0 Å². The van der Waals surface area contributed by atoms with Gasteiger partial charge >= 0.3 is 5.97 Å². The molecule has 126 valence electrons. The normalized spacial score (nSPS) is 10.2. The standard InChI is InChI=1S/C15H11Cl2FN2O4/c1-23-9-2-3-10(12(18)5-9)15(22)24-7-13(21)20-14-11(17)4-8(16)6-19-14/h2-6H,7H2,1H3,(H,19,20,21). The Hall–Kier alpha value is -2.38. The van der Waals surface area contributed by atoms with E-state index in [2.05, 4.69) is 10.3 Å². The topological polar surface area (TPSA) is 77.5 Å². The van der Waals surface area contributed by atoms with Gasteiger partial charge in [0.15, 0.2) is 12.4 Å². The number of ether oxygens (including phenoxy) is 2. The lowest BCUT2D eigenvalue weighted by Crippen LogP contribution is -2.22. The van der Waals surface area contributed by atoms with E-state index < -0.39 is 24.3 Å². The molecule has 6 nitrogen and oxygen atoms in total. The minimum absolute atomic E-state index is 0.0674. The Kier molecular flexibility index (Phi) is 5.94. The van der Waals surface area contributed by atoms with Crippen molar-refractivity contribution in [3.05, 3.63) is 51.9 Å². The lowest BCUT2D eigenvalue weighted by atomic mass is 10.2. The molecule has 0 aliphatic heterocycles. The maximum atomic E-state index is 13.7. The number of aromatic nitrogens is 1. The highest BCUT2D eigenvalue weighted by Gasteiger charge is 2.16. The molecule has 24 heavy (non-hydrogen) atoms. The van der Waals surface area contributed by atoms with Gasteiger partial charge in [-0.2, -0.15) is 0 Å². The van der Waals surface area contributed by atoms with Crippen LogP contribution in [0.25, 0.3) is 0 Å². The van der Waals surface area contributed by atoms with Crippen LogP contribution in [0.2, 0.25) is 10.0 Å². The van der Waals surface area contributed by atoms with Crippen molar-refractivity contribution in [2.75, 3.05) is 19.0 Å². The molecule has 1 aromatic carbocycles. The molecule has 1 heterocycles. The Morgan fingerprint density at radius 3 is 2.67 bits per heavy atom. The van der Waals surface area contributed by atoms with Crippen molar-refractivity contribution in [3.8, 4) is 5.75 Å². The van der Waals surface area contributed by atoms with Crippen LogP contribution in [0, 0.1) is 5.82 Å². The third-order valence-corrected chi connectivity index (χ3v) is 3.29. The van der Waals surface area contributed by atoms with Crippen LogP contribution in [0.5, 0.6) is 5.75 Å². The molecule has 1 amide bonds. The molecule has 0 saturated carbocycles. The average molecular weight is 373 g/mol. The van der Waals surface area contributed by atoms with Crippen LogP contribution in [0.3, 0.4) is 0 Å². The molecular weight excluding hydrogens is 362 g/mol. The number of rotatable bonds is 5. The first-order chi connectivity index (χ1) is 11.4. The van der Waals surface area contributed by atoms with Crippen molar-refractivity contribution >= 4 is 40.9 Å². The molecule has 0 saturated heterocycles. The van der Waals surface area contributed by atoms with E-state index in [1.54, 1.807) is 0 Å². The fourth-order valence-electron chi connectivity index (χ4n) is 1.67. The van der Waals surface area contributed by atoms with Crippen LogP contribution >= 0.6 is 23.2 Å². The van der Waals surface area contributed by atoms with Gasteiger partial charge < -0.3 is 14.8 Å². The molecular formula is C15H11Cl2FN2O4. The van der Waals surface area contributed by atoms with E-state index in [0.29, 0.717) is 5.02 Å². The van der Waals surface area contributed by atoms with Gasteiger partial charge in [-0.15, -0.1) is 0 Å². The summed E-state index contributed by atoms with van der Waals surface area (Å²) >= 11 is 11.5. The second kappa shape index (κ2) is 7.94. The summed E-state index contributed by atoms with van der Waals surface area (Å²) in [5.41, 5.74) is -0.314. The quantitative estimate of drug-likeness (QED) is 0.814. The van der Waals surface area contributed by atoms with E-state index in [1.165, 1.54) is 31.5 Å². The van der Waals surface area contributed by atoms with Crippen LogP contribution in [0.15, 0.2) is 30.5 Å². The van der Waals surface area contributed by atoms with Gasteiger partial charge in [-0.05, 0) is 18.2 Å². The molecule has 9 heteroatoms. The molecule has 0 unspecified atom stereocenters. The number of carbonyl (C=O) groups is 2. The maximum absolute atomic E-state index is 13.7. The van der Waals surface area contributed by atoms with Gasteiger partial charge in [-0.1, -0.05) is 23.2 Å². The molecule has 0 bridgehead atoms. The van der Waals surface area contributed by atoms with E-state index in [-0.39, 0.29) is 22.2 Å². The van der Waals surface area contributed by atoms with Crippen LogP contribution in [-0.2, 0) is 9.53 Å². The highest BCUT2D eigenvalue weighted by Crippen LogP contribution is 2.22. The first kappa shape index (κ1) is 18.0. The zero-order chi connectivity index (χ0) is 17.7. The largest absolute Gasteiger partial charge is 0.497 e. The fraction of sp³-hybridized carbons (Fsp3) is 0.133. The second-order valence-electron chi connectivity index (χ2n) is 4.45. The first-order valence-electron chi connectivity index (χ1n) is 6.52. The Balaban J connectivity index is 1.95. The zero-order valence-corrected chi connectivity index (χ0v) is 13.8. The van der Waals surface area contributed by atoms with E-state index in [9.17, 15) is 14.0 Å². The Morgan fingerprint density at radius 1 is 1.29 bits per heavy atom. The number of pyridine rings is 1. The number of hydrogen-bond donors (Lipinski definition) is 1. The minimum Gasteiger partial charge on any atom is -0.497 e. The number of benzene rings is 1. The van der Waals surface area contributed by atoms with Crippen molar-refractivity contribution in [1.29, 1.82) is 0 Å². The van der Waals surface area contributed by atoms with Crippen molar-refractivity contribution < 1.29 is 23.5 Å².